The predicted molar refractivity (Wildman–Crippen MR) is 83.8 cm³/mol. The molecule has 0 atom stereocenters. The molecule has 0 aliphatic rings. The van der Waals surface area contributed by atoms with E-state index < -0.39 is 0 Å². The van der Waals surface area contributed by atoms with Crippen molar-refractivity contribution >= 4 is 38.8 Å². The van der Waals surface area contributed by atoms with Crippen LogP contribution < -0.4 is 10.9 Å². The molecule has 2 heterocycles. The smallest absolute Gasteiger partial charge is 0.262 e. The van der Waals surface area contributed by atoms with Crippen LogP contribution in [0.4, 0.5) is 5.69 Å². The molecule has 6 heteroatoms. The highest BCUT2D eigenvalue weighted by Gasteiger charge is 2.04. The highest BCUT2D eigenvalue weighted by molar-refractivity contribution is 7.16. The van der Waals surface area contributed by atoms with Crippen molar-refractivity contribution in [2.24, 2.45) is 0 Å². The quantitative estimate of drug-likeness (QED) is 0.805. The van der Waals surface area contributed by atoms with Gasteiger partial charge in [0, 0.05) is 23.8 Å². The van der Waals surface area contributed by atoms with E-state index in [1.807, 2.05) is 35.7 Å². The van der Waals surface area contributed by atoms with Crippen molar-refractivity contribution in [2.75, 3.05) is 11.9 Å². The highest BCUT2D eigenvalue weighted by atomic mass is 35.5. The topological polar surface area (TPSA) is 46.9 Å². The lowest BCUT2D eigenvalue weighted by molar-refractivity contribution is 0.690. The number of anilines is 1. The molecule has 0 unspecified atom stereocenters. The van der Waals surface area contributed by atoms with Crippen LogP contribution in [0.3, 0.4) is 0 Å². The van der Waals surface area contributed by atoms with Gasteiger partial charge in [0.15, 0.2) is 0 Å². The molecule has 4 nitrogen and oxygen atoms in total. The van der Waals surface area contributed by atoms with Crippen LogP contribution in [0.15, 0.2) is 46.8 Å². The maximum absolute atomic E-state index is 12.2. The van der Waals surface area contributed by atoms with Gasteiger partial charge in [-0.05, 0) is 35.7 Å². The van der Waals surface area contributed by atoms with Crippen LogP contribution in [0.1, 0.15) is 0 Å². The fraction of sp³-hybridized carbons (Fsp3) is 0.143. The third-order valence-electron chi connectivity index (χ3n) is 2.98. The molecule has 0 bridgehead atoms. The average molecular weight is 306 g/mol. The highest BCUT2D eigenvalue weighted by Crippen LogP contribution is 2.14. The van der Waals surface area contributed by atoms with Gasteiger partial charge in [0.1, 0.15) is 4.83 Å². The van der Waals surface area contributed by atoms with E-state index in [4.69, 9.17) is 11.6 Å². The molecular formula is C14H12ClN3OS. The summed E-state index contributed by atoms with van der Waals surface area (Å²) in [5, 5.41) is 6.52. The van der Waals surface area contributed by atoms with Crippen LogP contribution in [0.2, 0.25) is 5.02 Å². The van der Waals surface area contributed by atoms with Crippen molar-refractivity contribution in [3.05, 3.63) is 57.4 Å². The number of thiophene rings is 1. The minimum Gasteiger partial charge on any atom is -0.383 e. The second-order valence-electron chi connectivity index (χ2n) is 4.32. The number of halogens is 1. The summed E-state index contributed by atoms with van der Waals surface area (Å²) in [4.78, 5) is 17.2. The van der Waals surface area contributed by atoms with Gasteiger partial charge in [-0.1, -0.05) is 11.6 Å². The SMILES string of the molecule is O=c1c2ccsc2ncn1CCNc1ccc(Cl)cc1. The third kappa shape index (κ3) is 2.69. The van der Waals surface area contributed by atoms with Crippen LogP contribution in [0, 0.1) is 0 Å². The molecule has 102 valence electrons. The van der Waals surface area contributed by atoms with Gasteiger partial charge in [-0.15, -0.1) is 11.3 Å². The Kier molecular flexibility index (Phi) is 3.71. The largest absolute Gasteiger partial charge is 0.383 e. The van der Waals surface area contributed by atoms with Crippen molar-refractivity contribution in [1.82, 2.24) is 9.55 Å². The molecule has 0 radical (unpaired) electrons. The third-order valence-corrected chi connectivity index (χ3v) is 4.05. The summed E-state index contributed by atoms with van der Waals surface area (Å²) in [6.07, 6.45) is 1.60. The zero-order chi connectivity index (χ0) is 13.9. The summed E-state index contributed by atoms with van der Waals surface area (Å²) >= 11 is 7.31. The number of fused-ring (bicyclic) bond motifs is 1. The molecule has 3 aromatic rings. The predicted octanol–water partition coefficient (Wildman–Crippen LogP) is 3.22. The van der Waals surface area contributed by atoms with Gasteiger partial charge < -0.3 is 5.32 Å². The monoisotopic (exact) mass is 305 g/mol. The zero-order valence-corrected chi connectivity index (χ0v) is 12.1. The van der Waals surface area contributed by atoms with Crippen LogP contribution in [-0.4, -0.2) is 16.1 Å². The van der Waals surface area contributed by atoms with E-state index in [-0.39, 0.29) is 5.56 Å². The van der Waals surface area contributed by atoms with E-state index in [2.05, 4.69) is 10.3 Å². The molecule has 0 spiro atoms. The lowest BCUT2D eigenvalue weighted by Crippen LogP contribution is -2.23. The number of aromatic nitrogens is 2. The Morgan fingerprint density at radius 2 is 2.05 bits per heavy atom. The zero-order valence-electron chi connectivity index (χ0n) is 10.5. The molecule has 3 rings (SSSR count). The molecule has 2 aromatic heterocycles. The Labute approximate surface area is 124 Å². The van der Waals surface area contributed by atoms with Crippen LogP contribution in [0.5, 0.6) is 0 Å². The standard InChI is InChI=1S/C14H12ClN3OS/c15-10-1-3-11(4-2-10)16-6-7-18-9-17-13-12(14(18)19)5-8-20-13/h1-5,8-9,16H,6-7H2. The summed E-state index contributed by atoms with van der Waals surface area (Å²) in [6, 6.07) is 9.29. The first-order chi connectivity index (χ1) is 9.74. The molecule has 20 heavy (non-hydrogen) atoms. The molecule has 0 amide bonds. The molecule has 1 N–H and O–H groups in total. The Hall–Kier alpha value is -1.85. The average Bonchev–Trinajstić information content (AvgIpc) is 2.93. The first-order valence-corrected chi connectivity index (χ1v) is 7.42. The van der Waals surface area contributed by atoms with Crippen molar-refractivity contribution in [3.63, 3.8) is 0 Å². The Morgan fingerprint density at radius 1 is 1.25 bits per heavy atom. The summed E-state index contributed by atoms with van der Waals surface area (Å²) in [7, 11) is 0. The van der Waals surface area contributed by atoms with E-state index in [0.717, 1.165) is 10.5 Å². The summed E-state index contributed by atoms with van der Waals surface area (Å²) in [5.74, 6) is 0. The lowest BCUT2D eigenvalue weighted by atomic mass is 10.3. The fourth-order valence-corrected chi connectivity index (χ4v) is 2.79. The number of rotatable bonds is 4. The van der Waals surface area contributed by atoms with Gasteiger partial charge in [0.25, 0.3) is 5.56 Å². The fourth-order valence-electron chi connectivity index (χ4n) is 1.94. The van der Waals surface area contributed by atoms with E-state index in [9.17, 15) is 4.79 Å². The number of benzene rings is 1. The minimum atomic E-state index is 0.00848. The maximum atomic E-state index is 12.2. The maximum Gasteiger partial charge on any atom is 0.262 e. The van der Waals surface area contributed by atoms with E-state index >= 15 is 0 Å². The van der Waals surface area contributed by atoms with Gasteiger partial charge in [0.05, 0.1) is 11.7 Å². The summed E-state index contributed by atoms with van der Waals surface area (Å²) in [6.45, 7) is 1.22. The minimum absolute atomic E-state index is 0.00848. The number of hydrogen-bond donors (Lipinski definition) is 1. The van der Waals surface area contributed by atoms with Gasteiger partial charge in [-0.25, -0.2) is 4.98 Å². The van der Waals surface area contributed by atoms with Crippen LogP contribution in [0.25, 0.3) is 10.2 Å². The van der Waals surface area contributed by atoms with Gasteiger partial charge in [-0.2, -0.15) is 0 Å². The Balaban J connectivity index is 1.69. The van der Waals surface area contributed by atoms with E-state index in [0.29, 0.717) is 23.5 Å². The van der Waals surface area contributed by atoms with Crippen molar-refractivity contribution < 1.29 is 0 Å². The summed E-state index contributed by atoms with van der Waals surface area (Å²) < 4.78 is 1.62. The number of hydrogen-bond acceptors (Lipinski definition) is 4. The lowest BCUT2D eigenvalue weighted by Gasteiger charge is -2.08. The van der Waals surface area contributed by atoms with Gasteiger partial charge in [-0.3, -0.25) is 9.36 Å². The first-order valence-electron chi connectivity index (χ1n) is 6.16. The second kappa shape index (κ2) is 5.64. The second-order valence-corrected chi connectivity index (χ2v) is 5.65. The first kappa shape index (κ1) is 13.1. The van der Waals surface area contributed by atoms with E-state index in [1.165, 1.54) is 11.3 Å². The Morgan fingerprint density at radius 3 is 2.85 bits per heavy atom. The van der Waals surface area contributed by atoms with E-state index in [1.54, 1.807) is 10.9 Å². The van der Waals surface area contributed by atoms with Crippen LogP contribution in [-0.2, 0) is 6.54 Å². The van der Waals surface area contributed by atoms with Gasteiger partial charge >= 0.3 is 0 Å². The molecular weight excluding hydrogens is 294 g/mol. The molecule has 0 fully saturated rings. The van der Waals surface area contributed by atoms with Crippen molar-refractivity contribution in [3.8, 4) is 0 Å². The molecule has 0 saturated heterocycles. The molecule has 0 aliphatic carbocycles. The molecule has 0 saturated carbocycles. The number of nitrogens with one attached hydrogen (secondary N) is 1. The van der Waals surface area contributed by atoms with Crippen molar-refractivity contribution in [1.29, 1.82) is 0 Å². The normalized spacial score (nSPS) is 10.8. The molecule has 0 aliphatic heterocycles. The van der Waals surface area contributed by atoms with Gasteiger partial charge in [0.2, 0.25) is 0 Å². The number of nitrogens with zero attached hydrogens (tertiary/aromatic N) is 2. The summed E-state index contributed by atoms with van der Waals surface area (Å²) in [5.41, 5.74) is 0.987. The van der Waals surface area contributed by atoms with Crippen molar-refractivity contribution in [2.45, 2.75) is 6.54 Å². The molecule has 1 aromatic carbocycles. The Bertz CT molecular complexity index is 779. The van der Waals surface area contributed by atoms with Crippen LogP contribution >= 0.6 is 22.9 Å².